The molecule has 1 heterocycles. The molecular formula is C18H17N3O2. The van der Waals surface area contributed by atoms with Crippen molar-refractivity contribution < 1.29 is 4.79 Å². The van der Waals surface area contributed by atoms with E-state index < -0.39 is 0 Å². The molecule has 5 nitrogen and oxygen atoms in total. The third-order valence-electron chi connectivity index (χ3n) is 3.55. The number of aryl methyl sites for hydroxylation is 2. The van der Waals surface area contributed by atoms with E-state index in [0.29, 0.717) is 10.9 Å². The molecule has 0 saturated heterocycles. The lowest BCUT2D eigenvalue weighted by atomic mass is 10.1. The number of hydrogen-bond acceptors (Lipinski definition) is 3. The molecule has 116 valence electrons. The van der Waals surface area contributed by atoms with Gasteiger partial charge in [0.2, 0.25) is 5.91 Å². The highest BCUT2D eigenvalue weighted by molar-refractivity contribution is 5.91. The minimum atomic E-state index is -0.255. The number of aromatic nitrogens is 2. The van der Waals surface area contributed by atoms with Crippen molar-refractivity contribution >= 4 is 22.5 Å². The Morgan fingerprint density at radius 1 is 1.13 bits per heavy atom. The number of rotatable bonds is 3. The number of hydrogen-bond donors (Lipinski definition) is 1. The summed E-state index contributed by atoms with van der Waals surface area (Å²) in [5, 5.41) is 3.33. The maximum Gasteiger partial charge on any atom is 0.261 e. The van der Waals surface area contributed by atoms with Gasteiger partial charge in [-0.15, -0.1) is 0 Å². The summed E-state index contributed by atoms with van der Waals surface area (Å²) in [6.07, 6.45) is 1.41. The number of benzene rings is 2. The Morgan fingerprint density at radius 3 is 2.57 bits per heavy atom. The zero-order chi connectivity index (χ0) is 16.4. The molecule has 1 N–H and O–H groups in total. The van der Waals surface area contributed by atoms with Crippen molar-refractivity contribution in [1.82, 2.24) is 9.55 Å². The Hall–Kier alpha value is -2.95. The van der Waals surface area contributed by atoms with Crippen LogP contribution in [0.3, 0.4) is 0 Å². The van der Waals surface area contributed by atoms with Crippen LogP contribution < -0.4 is 10.9 Å². The van der Waals surface area contributed by atoms with Gasteiger partial charge in [-0.25, -0.2) is 4.98 Å². The Balaban J connectivity index is 1.83. The molecule has 0 bridgehead atoms. The molecule has 1 amide bonds. The van der Waals surface area contributed by atoms with Crippen molar-refractivity contribution in [3.05, 3.63) is 70.3 Å². The SMILES string of the molecule is Cc1cc(C)cc(NC(=O)Cn2cnc3ccccc3c2=O)c1. The van der Waals surface area contributed by atoms with Crippen LogP contribution in [0.4, 0.5) is 5.69 Å². The molecule has 3 aromatic rings. The van der Waals surface area contributed by atoms with Crippen LogP contribution in [0.1, 0.15) is 11.1 Å². The van der Waals surface area contributed by atoms with Gasteiger partial charge >= 0.3 is 0 Å². The molecule has 0 aliphatic carbocycles. The highest BCUT2D eigenvalue weighted by Gasteiger charge is 2.08. The molecule has 0 unspecified atom stereocenters. The van der Waals surface area contributed by atoms with E-state index in [1.807, 2.05) is 38.1 Å². The maximum atomic E-state index is 12.4. The van der Waals surface area contributed by atoms with E-state index in [4.69, 9.17) is 0 Å². The summed E-state index contributed by atoms with van der Waals surface area (Å²) in [5.74, 6) is -0.255. The summed E-state index contributed by atoms with van der Waals surface area (Å²) in [5.41, 5.74) is 3.29. The van der Waals surface area contributed by atoms with Gasteiger partial charge in [-0.2, -0.15) is 0 Å². The Labute approximate surface area is 133 Å². The topological polar surface area (TPSA) is 64.0 Å². The van der Waals surface area contributed by atoms with Gasteiger partial charge in [-0.1, -0.05) is 18.2 Å². The largest absolute Gasteiger partial charge is 0.325 e. The number of para-hydroxylation sites is 1. The third-order valence-corrected chi connectivity index (χ3v) is 3.55. The average Bonchev–Trinajstić information content (AvgIpc) is 2.49. The van der Waals surface area contributed by atoms with Crippen molar-refractivity contribution in [2.45, 2.75) is 20.4 Å². The maximum absolute atomic E-state index is 12.4. The second-order valence-electron chi connectivity index (χ2n) is 5.62. The molecule has 2 aromatic carbocycles. The van der Waals surface area contributed by atoms with E-state index in [1.165, 1.54) is 10.9 Å². The van der Waals surface area contributed by atoms with Crippen molar-refractivity contribution in [3.63, 3.8) is 0 Å². The first-order valence-corrected chi connectivity index (χ1v) is 7.35. The summed E-state index contributed by atoms with van der Waals surface area (Å²) in [4.78, 5) is 28.8. The molecule has 5 heteroatoms. The first kappa shape index (κ1) is 15.0. The standard InChI is InChI=1S/C18H17N3O2/c1-12-7-13(2)9-14(8-12)20-17(22)10-21-11-19-16-6-4-3-5-15(16)18(21)23/h3-9,11H,10H2,1-2H3,(H,20,22). The van der Waals surface area contributed by atoms with Gasteiger partial charge in [0.25, 0.3) is 5.56 Å². The first-order valence-electron chi connectivity index (χ1n) is 7.35. The second-order valence-corrected chi connectivity index (χ2v) is 5.62. The fourth-order valence-corrected chi connectivity index (χ4v) is 2.62. The highest BCUT2D eigenvalue weighted by atomic mass is 16.2. The molecule has 0 saturated carbocycles. The summed E-state index contributed by atoms with van der Waals surface area (Å²) in [6.45, 7) is 3.88. The summed E-state index contributed by atoms with van der Waals surface area (Å²) in [7, 11) is 0. The van der Waals surface area contributed by atoms with Gasteiger partial charge in [-0.05, 0) is 49.2 Å². The number of nitrogens with zero attached hydrogens (tertiary/aromatic N) is 2. The van der Waals surface area contributed by atoms with Crippen molar-refractivity contribution in [3.8, 4) is 0 Å². The van der Waals surface area contributed by atoms with E-state index in [2.05, 4.69) is 10.3 Å². The molecule has 0 aliphatic heterocycles. The van der Waals surface area contributed by atoms with E-state index in [1.54, 1.807) is 18.2 Å². The summed E-state index contributed by atoms with van der Waals surface area (Å²) in [6, 6.07) is 12.9. The summed E-state index contributed by atoms with van der Waals surface area (Å²) < 4.78 is 1.32. The lowest BCUT2D eigenvalue weighted by molar-refractivity contribution is -0.116. The molecule has 3 rings (SSSR count). The quantitative estimate of drug-likeness (QED) is 0.809. The number of carbonyl (C=O) groups is 1. The van der Waals surface area contributed by atoms with Crippen molar-refractivity contribution in [2.75, 3.05) is 5.32 Å². The number of anilines is 1. The van der Waals surface area contributed by atoms with Gasteiger partial charge in [0, 0.05) is 5.69 Å². The second kappa shape index (κ2) is 6.04. The van der Waals surface area contributed by atoms with E-state index in [9.17, 15) is 9.59 Å². The van der Waals surface area contributed by atoms with Crippen LogP contribution in [-0.2, 0) is 11.3 Å². The minimum absolute atomic E-state index is 0.0658. The number of amides is 1. The van der Waals surface area contributed by atoms with E-state index >= 15 is 0 Å². The smallest absolute Gasteiger partial charge is 0.261 e. The normalized spacial score (nSPS) is 10.7. The van der Waals surface area contributed by atoms with Gasteiger partial charge in [0.15, 0.2) is 0 Å². The molecule has 0 aliphatic rings. The van der Waals surface area contributed by atoms with Crippen LogP contribution in [0.15, 0.2) is 53.6 Å². The molecule has 0 atom stereocenters. The summed E-state index contributed by atoms with van der Waals surface area (Å²) >= 11 is 0. The third kappa shape index (κ3) is 3.29. The Morgan fingerprint density at radius 2 is 1.83 bits per heavy atom. The lowest BCUT2D eigenvalue weighted by Gasteiger charge is -2.09. The number of nitrogens with one attached hydrogen (secondary N) is 1. The van der Waals surface area contributed by atoms with E-state index in [-0.39, 0.29) is 18.0 Å². The Bertz CT molecular complexity index is 924. The highest BCUT2D eigenvalue weighted by Crippen LogP contribution is 2.13. The lowest BCUT2D eigenvalue weighted by Crippen LogP contribution is -2.27. The van der Waals surface area contributed by atoms with Gasteiger partial charge in [0.05, 0.1) is 17.2 Å². The zero-order valence-electron chi connectivity index (χ0n) is 13.0. The molecule has 23 heavy (non-hydrogen) atoms. The van der Waals surface area contributed by atoms with E-state index in [0.717, 1.165) is 16.8 Å². The van der Waals surface area contributed by atoms with Crippen LogP contribution in [-0.4, -0.2) is 15.5 Å². The first-order chi connectivity index (χ1) is 11.0. The predicted octanol–water partition coefficient (Wildman–Crippen LogP) is 2.65. The fraction of sp³-hybridized carbons (Fsp3) is 0.167. The van der Waals surface area contributed by atoms with Crippen LogP contribution in [0, 0.1) is 13.8 Å². The van der Waals surface area contributed by atoms with Crippen LogP contribution in [0.2, 0.25) is 0 Å². The molecular weight excluding hydrogens is 290 g/mol. The molecule has 0 fully saturated rings. The fourth-order valence-electron chi connectivity index (χ4n) is 2.62. The predicted molar refractivity (Wildman–Crippen MR) is 90.5 cm³/mol. The van der Waals surface area contributed by atoms with Crippen molar-refractivity contribution in [2.24, 2.45) is 0 Å². The minimum Gasteiger partial charge on any atom is -0.325 e. The average molecular weight is 307 g/mol. The monoisotopic (exact) mass is 307 g/mol. The molecule has 0 spiro atoms. The van der Waals surface area contributed by atoms with Gasteiger partial charge in [-0.3, -0.25) is 14.2 Å². The van der Waals surface area contributed by atoms with Crippen LogP contribution in [0.25, 0.3) is 10.9 Å². The molecule has 0 radical (unpaired) electrons. The number of fused-ring (bicyclic) bond motifs is 1. The van der Waals surface area contributed by atoms with Crippen LogP contribution >= 0.6 is 0 Å². The number of carbonyl (C=O) groups excluding carboxylic acids is 1. The van der Waals surface area contributed by atoms with Crippen LogP contribution in [0.5, 0.6) is 0 Å². The van der Waals surface area contributed by atoms with Gasteiger partial charge < -0.3 is 5.32 Å². The molecule has 1 aromatic heterocycles. The Kier molecular flexibility index (Phi) is 3.93. The zero-order valence-corrected chi connectivity index (χ0v) is 13.0. The van der Waals surface area contributed by atoms with Gasteiger partial charge in [0.1, 0.15) is 6.54 Å². The van der Waals surface area contributed by atoms with Crippen molar-refractivity contribution in [1.29, 1.82) is 0 Å².